The van der Waals surface area contributed by atoms with E-state index < -0.39 is 0 Å². The summed E-state index contributed by atoms with van der Waals surface area (Å²) in [5.74, 6) is 0.836. The quantitative estimate of drug-likeness (QED) is 0.593. The van der Waals surface area contributed by atoms with Gasteiger partial charge in [0.05, 0.1) is 17.8 Å². The van der Waals surface area contributed by atoms with Gasteiger partial charge in [0.1, 0.15) is 0 Å². The Labute approximate surface area is 151 Å². The third-order valence-electron chi connectivity index (χ3n) is 4.67. The highest BCUT2D eigenvalue weighted by molar-refractivity contribution is 5.89. The largest absolute Gasteiger partial charge is 0.365 e. The minimum atomic E-state index is 0.510. The number of fused-ring (bicyclic) bond motifs is 1. The maximum atomic E-state index is 4.84. The lowest BCUT2D eigenvalue weighted by atomic mass is 10.1. The van der Waals surface area contributed by atoms with Gasteiger partial charge in [0.25, 0.3) is 0 Å². The van der Waals surface area contributed by atoms with E-state index in [0.29, 0.717) is 12.6 Å². The lowest BCUT2D eigenvalue weighted by Crippen LogP contribution is -2.05. The molecule has 0 aliphatic heterocycles. The summed E-state index contributed by atoms with van der Waals surface area (Å²) in [4.78, 5) is 4.84. The Kier molecular flexibility index (Phi) is 3.63. The van der Waals surface area contributed by atoms with Crippen LogP contribution in [-0.4, -0.2) is 26.0 Å². The highest BCUT2D eigenvalue weighted by atomic mass is 15.4. The number of nitrogens with zero attached hydrogens (tertiary/aromatic N) is 4. The number of anilines is 1. The van der Waals surface area contributed by atoms with Crippen LogP contribution in [0.1, 0.15) is 18.4 Å². The van der Waals surface area contributed by atoms with Gasteiger partial charge in [0.2, 0.25) is 0 Å². The van der Waals surface area contributed by atoms with Crippen LogP contribution in [0.5, 0.6) is 0 Å². The maximum Gasteiger partial charge on any atom is 0.157 e. The second-order valence-corrected chi connectivity index (χ2v) is 6.74. The van der Waals surface area contributed by atoms with Crippen molar-refractivity contribution in [2.75, 3.05) is 5.32 Å². The molecule has 2 aromatic heterocycles. The predicted octanol–water partition coefficient (Wildman–Crippen LogP) is 4.12. The van der Waals surface area contributed by atoms with Crippen LogP contribution in [-0.2, 0) is 6.54 Å². The number of pyridine rings is 1. The van der Waals surface area contributed by atoms with E-state index in [1.54, 1.807) is 0 Å². The first-order valence-corrected chi connectivity index (χ1v) is 8.97. The number of benzene rings is 2. The summed E-state index contributed by atoms with van der Waals surface area (Å²) in [7, 11) is 0. The van der Waals surface area contributed by atoms with Crippen molar-refractivity contribution in [2.45, 2.75) is 25.4 Å². The van der Waals surface area contributed by atoms with Crippen LogP contribution in [0.3, 0.4) is 0 Å². The van der Waals surface area contributed by atoms with Gasteiger partial charge in [-0.25, -0.2) is 9.67 Å². The molecule has 26 heavy (non-hydrogen) atoms. The molecule has 0 amide bonds. The highest BCUT2D eigenvalue weighted by Gasteiger charge is 2.24. The van der Waals surface area contributed by atoms with Gasteiger partial charge in [-0.3, -0.25) is 0 Å². The normalized spacial score (nSPS) is 13.8. The van der Waals surface area contributed by atoms with Gasteiger partial charge < -0.3 is 5.32 Å². The van der Waals surface area contributed by atoms with Crippen LogP contribution in [0, 0.1) is 0 Å². The molecule has 4 aromatic rings. The van der Waals surface area contributed by atoms with Gasteiger partial charge in [-0.15, -0.1) is 5.10 Å². The molecule has 2 heterocycles. The first-order valence-electron chi connectivity index (χ1n) is 8.97. The molecule has 0 radical (unpaired) electrons. The van der Waals surface area contributed by atoms with Crippen LogP contribution in [0.2, 0.25) is 0 Å². The lowest BCUT2D eigenvalue weighted by molar-refractivity contribution is 0.670. The molecule has 1 saturated carbocycles. The van der Waals surface area contributed by atoms with Gasteiger partial charge in [0, 0.05) is 11.6 Å². The van der Waals surface area contributed by atoms with Crippen molar-refractivity contribution in [3.63, 3.8) is 0 Å². The molecule has 1 aliphatic carbocycles. The number of rotatable bonds is 5. The molecule has 0 saturated heterocycles. The molecule has 1 N–H and O–H groups in total. The number of hydrogen-bond acceptors (Lipinski definition) is 4. The van der Waals surface area contributed by atoms with Crippen LogP contribution in [0.25, 0.3) is 22.3 Å². The van der Waals surface area contributed by atoms with E-state index in [-0.39, 0.29) is 0 Å². The van der Waals surface area contributed by atoms with Gasteiger partial charge in [-0.1, -0.05) is 65.9 Å². The van der Waals surface area contributed by atoms with Crippen LogP contribution < -0.4 is 5.32 Å². The fourth-order valence-corrected chi connectivity index (χ4v) is 3.12. The van der Waals surface area contributed by atoms with E-state index in [1.165, 1.54) is 18.4 Å². The molecule has 0 unspecified atom stereocenters. The summed E-state index contributed by atoms with van der Waals surface area (Å²) in [5, 5.41) is 12.3. The number of hydrogen-bond donors (Lipinski definition) is 1. The number of nitrogens with one attached hydrogen (secondary N) is 1. The molecule has 0 spiro atoms. The molecule has 5 heteroatoms. The summed E-state index contributed by atoms with van der Waals surface area (Å²) in [6, 6.07) is 23.2. The summed E-state index contributed by atoms with van der Waals surface area (Å²) in [5.41, 5.74) is 5.09. The van der Waals surface area contributed by atoms with Crippen LogP contribution in [0.15, 0.2) is 66.7 Å². The Balaban J connectivity index is 1.63. The molecule has 5 nitrogen and oxygen atoms in total. The van der Waals surface area contributed by atoms with Crippen molar-refractivity contribution in [3.05, 3.63) is 72.3 Å². The molecule has 0 atom stereocenters. The highest BCUT2D eigenvalue weighted by Crippen LogP contribution is 2.30. The SMILES string of the molecule is c1ccc(Cn2nnc3c(NC4CC4)nc(-c4ccccc4)cc32)cc1. The van der Waals surface area contributed by atoms with Crippen molar-refractivity contribution in [1.82, 2.24) is 20.0 Å². The zero-order valence-electron chi connectivity index (χ0n) is 14.3. The Morgan fingerprint density at radius 2 is 1.69 bits per heavy atom. The molecule has 128 valence electrons. The average Bonchev–Trinajstić information content (AvgIpc) is 3.42. The molecule has 0 bridgehead atoms. The average molecular weight is 341 g/mol. The van der Waals surface area contributed by atoms with Gasteiger partial charge in [-0.2, -0.15) is 0 Å². The lowest BCUT2D eigenvalue weighted by Gasteiger charge is -2.09. The van der Waals surface area contributed by atoms with E-state index in [0.717, 1.165) is 28.1 Å². The van der Waals surface area contributed by atoms with E-state index >= 15 is 0 Å². The van der Waals surface area contributed by atoms with E-state index in [2.05, 4.69) is 46.0 Å². The van der Waals surface area contributed by atoms with E-state index in [4.69, 9.17) is 4.98 Å². The van der Waals surface area contributed by atoms with E-state index in [9.17, 15) is 0 Å². The fourth-order valence-electron chi connectivity index (χ4n) is 3.12. The van der Waals surface area contributed by atoms with Gasteiger partial charge in [0.15, 0.2) is 11.3 Å². The standard InChI is InChI=1S/C21H19N5/c1-3-7-15(8-4-1)14-26-19-13-18(16-9-5-2-6-10-16)23-21(20(19)24-25-26)22-17-11-12-17/h1-10,13,17H,11-12,14H2,(H,22,23). The van der Waals surface area contributed by atoms with Crippen molar-refractivity contribution in [1.29, 1.82) is 0 Å². The zero-order valence-corrected chi connectivity index (χ0v) is 14.3. The van der Waals surface area contributed by atoms with Crippen molar-refractivity contribution >= 4 is 16.9 Å². The second-order valence-electron chi connectivity index (χ2n) is 6.74. The molecule has 5 rings (SSSR count). The fraction of sp³-hybridized carbons (Fsp3) is 0.190. The number of aromatic nitrogens is 4. The minimum Gasteiger partial charge on any atom is -0.365 e. The molecule has 1 fully saturated rings. The molecular weight excluding hydrogens is 322 g/mol. The first-order chi connectivity index (χ1) is 12.9. The smallest absolute Gasteiger partial charge is 0.157 e. The Bertz CT molecular complexity index is 1040. The second kappa shape index (κ2) is 6.26. The maximum absolute atomic E-state index is 4.84. The summed E-state index contributed by atoms with van der Waals surface area (Å²) >= 11 is 0. The van der Waals surface area contributed by atoms with Gasteiger partial charge in [-0.05, 0) is 24.5 Å². The summed E-state index contributed by atoms with van der Waals surface area (Å²) < 4.78 is 1.96. The molecule has 1 aliphatic rings. The summed E-state index contributed by atoms with van der Waals surface area (Å²) in [6.07, 6.45) is 2.38. The van der Waals surface area contributed by atoms with Crippen molar-refractivity contribution in [2.24, 2.45) is 0 Å². The van der Waals surface area contributed by atoms with Crippen molar-refractivity contribution in [3.8, 4) is 11.3 Å². The Morgan fingerprint density at radius 3 is 2.42 bits per heavy atom. The molecule has 2 aromatic carbocycles. The van der Waals surface area contributed by atoms with Crippen molar-refractivity contribution < 1.29 is 0 Å². The van der Waals surface area contributed by atoms with E-state index in [1.807, 2.05) is 41.1 Å². The van der Waals surface area contributed by atoms with Crippen LogP contribution >= 0.6 is 0 Å². The topological polar surface area (TPSA) is 55.6 Å². The third kappa shape index (κ3) is 2.92. The summed E-state index contributed by atoms with van der Waals surface area (Å²) in [6.45, 7) is 0.693. The minimum absolute atomic E-state index is 0.510. The van der Waals surface area contributed by atoms with Gasteiger partial charge >= 0.3 is 0 Å². The third-order valence-corrected chi connectivity index (χ3v) is 4.67. The monoisotopic (exact) mass is 341 g/mol. The zero-order chi connectivity index (χ0) is 17.3. The predicted molar refractivity (Wildman–Crippen MR) is 103 cm³/mol. The Hall–Kier alpha value is -3.21. The van der Waals surface area contributed by atoms with Crippen LogP contribution in [0.4, 0.5) is 5.82 Å². The Morgan fingerprint density at radius 1 is 0.962 bits per heavy atom. The first kappa shape index (κ1) is 15.1. The molecular formula is C21H19N5.